The lowest BCUT2D eigenvalue weighted by Gasteiger charge is -2.16. The molecular formula is C26H18F2N4O3S. The number of hydrogen-bond donors (Lipinski definition) is 1. The third kappa shape index (κ3) is 4.22. The highest BCUT2D eigenvalue weighted by Crippen LogP contribution is 2.41. The SMILES string of the molecule is COc1c(F)c(-c2ccccc2)cc(F)c1-c1nccc2cc(S(=O)(=O)Nc3cccnn3)ccc12. The van der Waals surface area contributed by atoms with Gasteiger partial charge in [-0.3, -0.25) is 9.71 Å². The van der Waals surface area contributed by atoms with Crippen LogP contribution in [0.3, 0.4) is 0 Å². The molecule has 0 aliphatic rings. The summed E-state index contributed by atoms with van der Waals surface area (Å²) in [7, 11) is -2.72. The Bertz CT molecular complexity index is 1680. The fourth-order valence-corrected chi connectivity index (χ4v) is 4.95. The summed E-state index contributed by atoms with van der Waals surface area (Å²) in [6.07, 6.45) is 2.82. The molecule has 0 aliphatic heterocycles. The average Bonchev–Trinajstić information content (AvgIpc) is 2.90. The van der Waals surface area contributed by atoms with E-state index in [2.05, 4.69) is 19.9 Å². The van der Waals surface area contributed by atoms with Gasteiger partial charge in [-0.1, -0.05) is 36.4 Å². The van der Waals surface area contributed by atoms with Crippen LogP contribution in [-0.4, -0.2) is 30.7 Å². The number of rotatable bonds is 6. The lowest BCUT2D eigenvalue weighted by atomic mass is 9.97. The summed E-state index contributed by atoms with van der Waals surface area (Å²) in [5.74, 6) is -1.69. The van der Waals surface area contributed by atoms with Gasteiger partial charge in [0.15, 0.2) is 17.4 Å². The maximum absolute atomic E-state index is 15.5. The van der Waals surface area contributed by atoms with Crippen molar-refractivity contribution >= 4 is 26.6 Å². The number of pyridine rings is 1. The van der Waals surface area contributed by atoms with Crippen LogP contribution in [0.25, 0.3) is 33.2 Å². The second-order valence-electron chi connectivity index (χ2n) is 7.75. The van der Waals surface area contributed by atoms with Gasteiger partial charge in [0, 0.05) is 23.3 Å². The molecule has 1 N–H and O–H groups in total. The molecule has 36 heavy (non-hydrogen) atoms. The maximum Gasteiger partial charge on any atom is 0.263 e. The van der Waals surface area contributed by atoms with Gasteiger partial charge in [-0.05, 0) is 47.3 Å². The van der Waals surface area contributed by atoms with E-state index in [1.807, 2.05) is 0 Å². The van der Waals surface area contributed by atoms with Crippen molar-refractivity contribution in [2.75, 3.05) is 11.8 Å². The summed E-state index contributed by atoms with van der Waals surface area (Å²) in [4.78, 5) is 4.23. The molecule has 0 unspecified atom stereocenters. The van der Waals surface area contributed by atoms with E-state index in [0.717, 1.165) is 6.07 Å². The van der Waals surface area contributed by atoms with E-state index in [4.69, 9.17) is 4.74 Å². The van der Waals surface area contributed by atoms with Crippen LogP contribution in [0.1, 0.15) is 0 Å². The predicted molar refractivity (Wildman–Crippen MR) is 132 cm³/mol. The summed E-state index contributed by atoms with van der Waals surface area (Å²) in [5.41, 5.74) is 0.507. The van der Waals surface area contributed by atoms with Crippen molar-refractivity contribution in [3.8, 4) is 28.1 Å². The van der Waals surface area contributed by atoms with Crippen LogP contribution in [0, 0.1) is 11.6 Å². The molecule has 7 nitrogen and oxygen atoms in total. The molecule has 0 spiro atoms. The third-order valence-corrected chi connectivity index (χ3v) is 6.91. The fourth-order valence-electron chi connectivity index (χ4n) is 3.92. The lowest BCUT2D eigenvalue weighted by molar-refractivity contribution is 0.386. The fraction of sp³-hybridized carbons (Fsp3) is 0.0385. The number of hydrogen-bond acceptors (Lipinski definition) is 6. The number of methoxy groups -OCH3 is 1. The predicted octanol–water partition coefficient (Wildman–Crippen LogP) is 5.45. The van der Waals surface area contributed by atoms with E-state index in [9.17, 15) is 8.42 Å². The lowest BCUT2D eigenvalue weighted by Crippen LogP contribution is -2.14. The van der Waals surface area contributed by atoms with Crippen LogP contribution in [-0.2, 0) is 10.0 Å². The Balaban J connectivity index is 1.63. The number of nitrogens with one attached hydrogen (secondary N) is 1. The van der Waals surface area contributed by atoms with E-state index in [1.165, 1.54) is 43.8 Å². The zero-order chi connectivity index (χ0) is 25.3. The number of halogens is 2. The number of fused-ring (bicyclic) bond motifs is 1. The van der Waals surface area contributed by atoms with Crippen molar-refractivity contribution < 1.29 is 21.9 Å². The number of aromatic nitrogens is 3. The summed E-state index contributed by atoms with van der Waals surface area (Å²) in [5, 5.41) is 8.25. The van der Waals surface area contributed by atoms with Gasteiger partial charge in [0.25, 0.3) is 10.0 Å². The molecule has 0 saturated heterocycles. The smallest absolute Gasteiger partial charge is 0.263 e. The molecule has 5 aromatic rings. The minimum absolute atomic E-state index is 0.0455. The second-order valence-corrected chi connectivity index (χ2v) is 9.43. The second kappa shape index (κ2) is 9.31. The molecule has 0 atom stereocenters. The van der Waals surface area contributed by atoms with Crippen LogP contribution in [0.15, 0.2) is 90.1 Å². The molecule has 10 heteroatoms. The van der Waals surface area contributed by atoms with E-state index < -0.39 is 21.7 Å². The summed E-state index contributed by atoms with van der Waals surface area (Å²) < 4.78 is 64.3. The minimum atomic E-state index is -3.98. The van der Waals surface area contributed by atoms with Crippen molar-refractivity contribution in [3.63, 3.8) is 0 Å². The first kappa shape index (κ1) is 23.3. The van der Waals surface area contributed by atoms with Crippen LogP contribution < -0.4 is 9.46 Å². The number of benzene rings is 3. The first-order valence-electron chi connectivity index (χ1n) is 10.7. The molecule has 0 radical (unpaired) electrons. The van der Waals surface area contributed by atoms with Gasteiger partial charge in [-0.25, -0.2) is 17.2 Å². The molecule has 0 amide bonds. The van der Waals surface area contributed by atoms with E-state index in [-0.39, 0.29) is 33.3 Å². The topological polar surface area (TPSA) is 94.1 Å². The zero-order valence-electron chi connectivity index (χ0n) is 18.8. The zero-order valence-corrected chi connectivity index (χ0v) is 19.6. The van der Waals surface area contributed by atoms with Crippen molar-refractivity contribution in [3.05, 3.63) is 96.8 Å². The largest absolute Gasteiger partial charge is 0.493 e. The first-order chi connectivity index (χ1) is 17.4. The van der Waals surface area contributed by atoms with E-state index in [0.29, 0.717) is 16.3 Å². The molecule has 2 aromatic heterocycles. The monoisotopic (exact) mass is 504 g/mol. The number of sulfonamides is 1. The van der Waals surface area contributed by atoms with Gasteiger partial charge < -0.3 is 4.74 Å². The summed E-state index contributed by atoms with van der Waals surface area (Å²) >= 11 is 0. The van der Waals surface area contributed by atoms with Crippen molar-refractivity contribution in [2.24, 2.45) is 0 Å². The number of nitrogens with zero attached hydrogens (tertiary/aromatic N) is 3. The molecule has 180 valence electrons. The normalized spacial score (nSPS) is 11.4. The van der Waals surface area contributed by atoms with Gasteiger partial charge in [-0.15, -0.1) is 5.10 Å². The Labute approximate surface area is 205 Å². The van der Waals surface area contributed by atoms with Gasteiger partial charge in [0.1, 0.15) is 5.82 Å². The van der Waals surface area contributed by atoms with Gasteiger partial charge in [0.2, 0.25) is 0 Å². The van der Waals surface area contributed by atoms with Gasteiger partial charge >= 0.3 is 0 Å². The van der Waals surface area contributed by atoms with Gasteiger partial charge in [-0.2, -0.15) is 5.10 Å². The number of ether oxygens (including phenoxy) is 1. The molecule has 3 aromatic carbocycles. The Hall–Kier alpha value is -4.44. The van der Waals surface area contributed by atoms with Crippen LogP contribution in [0.5, 0.6) is 5.75 Å². The van der Waals surface area contributed by atoms with Crippen molar-refractivity contribution in [2.45, 2.75) is 4.90 Å². The molecule has 5 rings (SSSR count). The minimum Gasteiger partial charge on any atom is -0.493 e. The van der Waals surface area contributed by atoms with Gasteiger partial charge in [0.05, 0.1) is 23.3 Å². The van der Waals surface area contributed by atoms with Crippen molar-refractivity contribution in [1.82, 2.24) is 15.2 Å². The Morgan fingerprint density at radius 2 is 1.72 bits per heavy atom. The first-order valence-corrected chi connectivity index (χ1v) is 12.2. The Morgan fingerprint density at radius 3 is 2.44 bits per heavy atom. The average molecular weight is 505 g/mol. The third-order valence-electron chi connectivity index (χ3n) is 5.56. The van der Waals surface area contributed by atoms with Crippen LogP contribution in [0.4, 0.5) is 14.6 Å². The Kier molecular flexibility index (Phi) is 6.03. The summed E-state index contributed by atoms with van der Waals surface area (Å²) in [6.45, 7) is 0. The van der Waals surface area contributed by atoms with E-state index in [1.54, 1.807) is 42.5 Å². The van der Waals surface area contributed by atoms with Crippen LogP contribution >= 0.6 is 0 Å². The van der Waals surface area contributed by atoms with E-state index >= 15 is 8.78 Å². The standard InChI is InChI=1S/C26H18F2N4O3S/c1-35-26-23(21(27)15-20(24(26)28)16-6-3-2-4-7-16)25-19-10-9-18(14-17(19)11-13-29-25)36(33,34)32-22-8-5-12-30-31-22/h2-15H,1H3,(H,31,32). The molecule has 0 fully saturated rings. The van der Waals surface area contributed by atoms with Crippen molar-refractivity contribution in [1.29, 1.82) is 0 Å². The highest BCUT2D eigenvalue weighted by molar-refractivity contribution is 7.92. The Morgan fingerprint density at radius 1 is 0.917 bits per heavy atom. The summed E-state index contributed by atoms with van der Waals surface area (Å²) in [6, 6.07) is 18.5. The molecular weight excluding hydrogens is 486 g/mol. The quantitative estimate of drug-likeness (QED) is 0.331. The molecule has 0 bridgehead atoms. The molecule has 0 aliphatic carbocycles. The molecule has 2 heterocycles. The number of anilines is 1. The highest BCUT2D eigenvalue weighted by Gasteiger charge is 2.24. The highest BCUT2D eigenvalue weighted by atomic mass is 32.2. The van der Waals surface area contributed by atoms with Crippen LogP contribution in [0.2, 0.25) is 0 Å². The maximum atomic E-state index is 15.5. The molecule has 0 saturated carbocycles.